The van der Waals surface area contributed by atoms with Crippen LogP contribution in [0.15, 0.2) is 47.0 Å². The van der Waals surface area contributed by atoms with Crippen molar-refractivity contribution in [1.82, 2.24) is 30.1 Å². The van der Waals surface area contributed by atoms with E-state index in [0.717, 1.165) is 17.2 Å². The van der Waals surface area contributed by atoms with Crippen LogP contribution in [-0.4, -0.2) is 44.2 Å². The summed E-state index contributed by atoms with van der Waals surface area (Å²) in [5.41, 5.74) is 2.93. The monoisotopic (exact) mass is 462 g/mol. The van der Waals surface area contributed by atoms with Gasteiger partial charge in [0.25, 0.3) is 5.89 Å². The molecule has 11 heteroatoms. The van der Waals surface area contributed by atoms with Gasteiger partial charge in [-0.1, -0.05) is 35.0 Å². The Labute approximate surface area is 186 Å². The van der Waals surface area contributed by atoms with Crippen molar-refractivity contribution >= 4 is 11.6 Å². The number of halogens is 4. The maximum Gasteiger partial charge on any atom is 0.314 e. The number of hydrogen-bond acceptors (Lipinski definition) is 6. The molecule has 0 amide bonds. The van der Waals surface area contributed by atoms with Crippen LogP contribution in [0.2, 0.25) is 5.02 Å². The van der Waals surface area contributed by atoms with E-state index in [1.54, 1.807) is 6.20 Å². The van der Waals surface area contributed by atoms with E-state index in [0.29, 0.717) is 22.8 Å². The third-order valence-electron chi connectivity index (χ3n) is 4.63. The van der Waals surface area contributed by atoms with Crippen LogP contribution in [0.3, 0.4) is 0 Å². The lowest BCUT2D eigenvalue weighted by atomic mass is 10.1. The molecular formula is C21H18ClF3N6O. The molecule has 0 bridgehead atoms. The summed E-state index contributed by atoms with van der Waals surface area (Å²) in [7, 11) is 3.92. The predicted octanol–water partition coefficient (Wildman–Crippen LogP) is 4.84. The average molecular weight is 463 g/mol. The molecule has 2 aromatic heterocycles. The zero-order valence-corrected chi connectivity index (χ0v) is 17.9. The first-order valence-corrected chi connectivity index (χ1v) is 9.92. The SMILES string of the molecule is CN(C)Cc1ccc(-c2cn(Cc3ccc(-c4nnc(C(F)F)o4)cc3F)nn2)cc1Cl. The first kappa shape index (κ1) is 22.0. The second kappa shape index (κ2) is 9.09. The molecule has 0 N–H and O–H groups in total. The highest BCUT2D eigenvalue weighted by Gasteiger charge is 2.18. The molecule has 32 heavy (non-hydrogen) atoms. The van der Waals surface area contributed by atoms with E-state index in [1.807, 2.05) is 37.2 Å². The fraction of sp³-hybridized carbons (Fsp3) is 0.238. The van der Waals surface area contributed by atoms with Gasteiger partial charge in [0.05, 0.1) is 12.7 Å². The third-order valence-corrected chi connectivity index (χ3v) is 4.99. The number of nitrogens with zero attached hydrogens (tertiary/aromatic N) is 6. The van der Waals surface area contributed by atoms with Crippen molar-refractivity contribution in [3.05, 3.63) is 70.5 Å². The number of aromatic nitrogens is 5. The Morgan fingerprint density at radius 2 is 1.78 bits per heavy atom. The van der Waals surface area contributed by atoms with Crippen LogP contribution in [0.5, 0.6) is 0 Å². The van der Waals surface area contributed by atoms with Crippen LogP contribution in [0, 0.1) is 5.82 Å². The van der Waals surface area contributed by atoms with Crippen LogP contribution in [-0.2, 0) is 13.1 Å². The van der Waals surface area contributed by atoms with Crippen LogP contribution in [0.4, 0.5) is 13.2 Å². The molecule has 0 unspecified atom stereocenters. The van der Waals surface area contributed by atoms with Gasteiger partial charge in [-0.25, -0.2) is 9.07 Å². The Kier molecular flexibility index (Phi) is 6.24. The second-order valence-corrected chi connectivity index (χ2v) is 7.80. The summed E-state index contributed by atoms with van der Waals surface area (Å²) in [5, 5.41) is 15.6. The molecule has 4 rings (SSSR count). The molecule has 2 aromatic carbocycles. The summed E-state index contributed by atoms with van der Waals surface area (Å²) in [5.74, 6) is -1.55. The van der Waals surface area contributed by atoms with Crippen molar-refractivity contribution in [3.63, 3.8) is 0 Å². The fourth-order valence-electron chi connectivity index (χ4n) is 3.11. The highest BCUT2D eigenvalue weighted by atomic mass is 35.5. The topological polar surface area (TPSA) is 72.9 Å². The zero-order chi connectivity index (χ0) is 22.8. The van der Waals surface area contributed by atoms with E-state index in [-0.39, 0.29) is 18.0 Å². The van der Waals surface area contributed by atoms with Crippen LogP contribution < -0.4 is 0 Å². The van der Waals surface area contributed by atoms with Gasteiger partial charge in [-0.15, -0.1) is 15.3 Å². The van der Waals surface area contributed by atoms with E-state index in [4.69, 9.17) is 16.0 Å². The van der Waals surface area contributed by atoms with Gasteiger partial charge >= 0.3 is 6.43 Å². The normalized spacial score (nSPS) is 11.6. The Morgan fingerprint density at radius 3 is 2.44 bits per heavy atom. The fourth-order valence-corrected chi connectivity index (χ4v) is 3.35. The Hall–Kier alpha value is -3.24. The van der Waals surface area contributed by atoms with Crippen LogP contribution in [0.25, 0.3) is 22.7 Å². The van der Waals surface area contributed by atoms with Crippen LogP contribution in [0.1, 0.15) is 23.4 Å². The van der Waals surface area contributed by atoms with Crippen molar-refractivity contribution in [2.75, 3.05) is 14.1 Å². The molecular weight excluding hydrogens is 445 g/mol. The van der Waals surface area contributed by atoms with Crippen molar-refractivity contribution < 1.29 is 17.6 Å². The summed E-state index contributed by atoms with van der Waals surface area (Å²) < 4.78 is 46.2. The van der Waals surface area contributed by atoms with Crippen LogP contribution >= 0.6 is 11.6 Å². The molecule has 0 spiro atoms. The lowest BCUT2D eigenvalue weighted by Crippen LogP contribution is -2.10. The number of rotatable bonds is 7. The van der Waals surface area contributed by atoms with E-state index in [2.05, 4.69) is 20.5 Å². The minimum atomic E-state index is -2.89. The third kappa shape index (κ3) is 4.81. The number of hydrogen-bond donors (Lipinski definition) is 0. The van der Waals surface area contributed by atoms with Gasteiger partial charge in [0, 0.05) is 28.3 Å². The first-order valence-electron chi connectivity index (χ1n) is 9.54. The highest BCUT2D eigenvalue weighted by Crippen LogP contribution is 2.27. The molecule has 2 heterocycles. The molecule has 0 aliphatic heterocycles. The van der Waals surface area contributed by atoms with Gasteiger partial charge in [-0.05, 0) is 37.9 Å². The maximum absolute atomic E-state index is 14.6. The molecule has 0 radical (unpaired) electrons. The molecule has 166 valence electrons. The standard InChI is InChI=1S/C21H18ClF3N6O/c1-30(2)9-14-5-3-12(7-16(14)22)18-11-31(29-26-18)10-15-6-4-13(8-17(15)23)20-27-28-21(32-20)19(24)25/h3-8,11,19H,9-10H2,1-2H3. The van der Waals surface area contributed by atoms with Gasteiger partial charge in [-0.3, -0.25) is 0 Å². The van der Waals surface area contributed by atoms with Gasteiger partial charge < -0.3 is 9.32 Å². The molecule has 0 saturated heterocycles. The van der Waals surface area contributed by atoms with E-state index in [1.165, 1.54) is 16.8 Å². The lowest BCUT2D eigenvalue weighted by Gasteiger charge is -2.11. The van der Waals surface area contributed by atoms with Gasteiger partial charge in [0.1, 0.15) is 11.5 Å². The Morgan fingerprint density at radius 1 is 1.03 bits per heavy atom. The molecule has 0 atom stereocenters. The summed E-state index contributed by atoms with van der Waals surface area (Å²) in [6.07, 6.45) is -1.20. The summed E-state index contributed by atoms with van der Waals surface area (Å²) in [4.78, 5) is 2.02. The quantitative estimate of drug-likeness (QED) is 0.391. The molecule has 0 aliphatic rings. The maximum atomic E-state index is 14.6. The molecule has 7 nitrogen and oxygen atoms in total. The Balaban J connectivity index is 1.50. The summed E-state index contributed by atoms with van der Waals surface area (Å²) in [6, 6.07) is 9.84. The number of benzene rings is 2. The minimum absolute atomic E-state index is 0.123. The first-order chi connectivity index (χ1) is 15.3. The molecule has 0 aliphatic carbocycles. The van der Waals surface area contributed by atoms with E-state index >= 15 is 0 Å². The Bertz CT molecular complexity index is 1240. The van der Waals surface area contributed by atoms with Crippen molar-refractivity contribution in [2.45, 2.75) is 19.5 Å². The average Bonchev–Trinajstić information content (AvgIpc) is 3.41. The molecule has 4 aromatic rings. The predicted molar refractivity (Wildman–Crippen MR) is 112 cm³/mol. The number of alkyl halides is 2. The van der Waals surface area contributed by atoms with E-state index < -0.39 is 18.1 Å². The van der Waals surface area contributed by atoms with Crippen molar-refractivity contribution in [3.8, 4) is 22.7 Å². The summed E-state index contributed by atoms with van der Waals surface area (Å²) >= 11 is 6.37. The smallest absolute Gasteiger partial charge is 0.314 e. The largest absolute Gasteiger partial charge is 0.415 e. The van der Waals surface area contributed by atoms with Gasteiger partial charge in [0.15, 0.2) is 0 Å². The molecule has 0 saturated carbocycles. The summed E-state index contributed by atoms with van der Waals surface area (Å²) in [6.45, 7) is 0.839. The van der Waals surface area contributed by atoms with Crippen molar-refractivity contribution in [2.24, 2.45) is 0 Å². The van der Waals surface area contributed by atoms with Gasteiger partial charge in [0.2, 0.25) is 5.89 Å². The zero-order valence-electron chi connectivity index (χ0n) is 17.1. The minimum Gasteiger partial charge on any atom is -0.415 e. The molecule has 0 fully saturated rings. The lowest BCUT2D eigenvalue weighted by molar-refractivity contribution is 0.116. The van der Waals surface area contributed by atoms with Crippen molar-refractivity contribution in [1.29, 1.82) is 0 Å². The van der Waals surface area contributed by atoms with E-state index in [9.17, 15) is 13.2 Å². The van der Waals surface area contributed by atoms with Gasteiger partial charge in [-0.2, -0.15) is 8.78 Å². The highest BCUT2D eigenvalue weighted by molar-refractivity contribution is 6.31. The second-order valence-electron chi connectivity index (χ2n) is 7.40.